The average molecular weight is 345 g/mol. The lowest BCUT2D eigenvalue weighted by atomic mass is 9.98. The molecular formula is C20H15N3O3. The Morgan fingerprint density at radius 3 is 2.73 bits per heavy atom. The molecule has 4 rings (SSSR count). The summed E-state index contributed by atoms with van der Waals surface area (Å²) in [6.45, 7) is 1.73. The maximum atomic E-state index is 13.0. The molecule has 1 aliphatic heterocycles. The maximum Gasteiger partial charge on any atom is 0.325 e. The number of carbonyl (C=O) groups excluding carboxylic acids is 2. The summed E-state index contributed by atoms with van der Waals surface area (Å²) in [6, 6.07) is 17.6. The second-order valence-corrected chi connectivity index (χ2v) is 6.41. The fourth-order valence-electron chi connectivity index (χ4n) is 3.16. The molecule has 6 heteroatoms. The first-order chi connectivity index (χ1) is 12.5. The van der Waals surface area contributed by atoms with E-state index in [0.717, 1.165) is 10.3 Å². The number of nitrogens with one attached hydrogen (secondary N) is 1. The van der Waals surface area contributed by atoms with Crippen LogP contribution in [-0.4, -0.2) is 16.8 Å². The van der Waals surface area contributed by atoms with Gasteiger partial charge in [-0.2, -0.15) is 5.26 Å². The highest BCUT2D eigenvalue weighted by molar-refractivity contribution is 6.07. The highest BCUT2D eigenvalue weighted by Crippen LogP contribution is 2.33. The maximum absolute atomic E-state index is 13.0. The Balaban J connectivity index is 1.66. The van der Waals surface area contributed by atoms with Gasteiger partial charge in [0.05, 0.1) is 18.2 Å². The molecule has 1 unspecified atom stereocenters. The zero-order valence-corrected chi connectivity index (χ0v) is 14.0. The fourth-order valence-corrected chi connectivity index (χ4v) is 3.16. The van der Waals surface area contributed by atoms with Gasteiger partial charge in [-0.1, -0.05) is 30.3 Å². The van der Waals surface area contributed by atoms with Crippen molar-refractivity contribution in [3.05, 3.63) is 71.5 Å². The summed E-state index contributed by atoms with van der Waals surface area (Å²) < 4.78 is 5.80. The number of furan rings is 1. The Kier molecular flexibility index (Phi) is 3.51. The minimum absolute atomic E-state index is 0.0933. The van der Waals surface area contributed by atoms with Crippen molar-refractivity contribution in [2.75, 3.05) is 0 Å². The van der Waals surface area contributed by atoms with Crippen LogP contribution < -0.4 is 5.32 Å². The zero-order valence-electron chi connectivity index (χ0n) is 14.0. The van der Waals surface area contributed by atoms with Crippen molar-refractivity contribution in [1.82, 2.24) is 10.2 Å². The average Bonchev–Trinajstić information content (AvgIpc) is 3.18. The van der Waals surface area contributed by atoms with E-state index in [-0.39, 0.29) is 12.5 Å². The molecule has 1 saturated heterocycles. The molecule has 3 amide bonds. The molecule has 1 fully saturated rings. The molecule has 1 atom stereocenters. The van der Waals surface area contributed by atoms with E-state index >= 15 is 0 Å². The zero-order chi connectivity index (χ0) is 18.3. The molecule has 0 bridgehead atoms. The predicted octanol–water partition coefficient (Wildman–Crippen LogP) is 3.27. The van der Waals surface area contributed by atoms with Crippen LogP contribution in [-0.2, 0) is 16.9 Å². The highest BCUT2D eigenvalue weighted by Gasteiger charge is 2.51. The summed E-state index contributed by atoms with van der Waals surface area (Å²) in [7, 11) is 0. The molecule has 3 aromatic rings. The van der Waals surface area contributed by atoms with Crippen molar-refractivity contribution in [3.63, 3.8) is 0 Å². The molecule has 128 valence electrons. The number of nitrogens with zero attached hydrogens (tertiary/aromatic N) is 2. The molecule has 0 radical (unpaired) electrons. The third-order valence-electron chi connectivity index (χ3n) is 4.59. The van der Waals surface area contributed by atoms with Crippen LogP contribution in [0.4, 0.5) is 4.79 Å². The molecule has 0 saturated carbocycles. The molecule has 2 aromatic carbocycles. The van der Waals surface area contributed by atoms with Crippen LogP contribution in [0.25, 0.3) is 11.0 Å². The number of para-hydroxylation sites is 1. The van der Waals surface area contributed by atoms with Gasteiger partial charge in [-0.3, -0.25) is 9.69 Å². The van der Waals surface area contributed by atoms with E-state index in [1.54, 1.807) is 37.3 Å². The monoisotopic (exact) mass is 345 g/mol. The minimum Gasteiger partial charge on any atom is -0.458 e. The van der Waals surface area contributed by atoms with Gasteiger partial charge in [-0.05, 0) is 36.8 Å². The van der Waals surface area contributed by atoms with Gasteiger partial charge < -0.3 is 9.73 Å². The van der Waals surface area contributed by atoms with Crippen molar-refractivity contribution in [1.29, 1.82) is 5.26 Å². The molecule has 1 N–H and O–H groups in total. The number of rotatable bonds is 3. The first-order valence-electron chi connectivity index (χ1n) is 8.13. The van der Waals surface area contributed by atoms with Crippen LogP contribution in [0.5, 0.6) is 0 Å². The smallest absolute Gasteiger partial charge is 0.325 e. The topological polar surface area (TPSA) is 86.3 Å². The lowest BCUT2D eigenvalue weighted by Gasteiger charge is -2.19. The Bertz CT molecular complexity index is 1050. The summed E-state index contributed by atoms with van der Waals surface area (Å²) in [5, 5.41) is 12.6. The number of fused-ring (bicyclic) bond motifs is 1. The summed E-state index contributed by atoms with van der Waals surface area (Å²) in [5.74, 6) is 0.00856. The molecular weight excluding hydrogens is 330 g/mol. The molecule has 26 heavy (non-hydrogen) atoms. The lowest BCUT2D eigenvalue weighted by molar-refractivity contribution is -0.132. The van der Waals surface area contributed by atoms with Gasteiger partial charge in [-0.25, -0.2) is 4.79 Å². The van der Waals surface area contributed by atoms with E-state index in [4.69, 9.17) is 9.68 Å². The summed E-state index contributed by atoms with van der Waals surface area (Å²) in [6.07, 6.45) is 0. The Labute approximate surface area is 149 Å². The van der Waals surface area contributed by atoms with Crippen LogP contribution >= 0.6 is 0 Å². The standard InChI is InChI=1S/C20H15N3O3/c1-20(17-10-15-7-2-3-8-16(15)26-17)18(24)23(19(25)22-20)12-14-6-4-5-13(9-14)11-21/h2-10H,12H2,1H3,(H,22,25). The third-order valence-corrected chi connectivity index (χ3v) is 4.59. The first kappa shape index (κ1) is 15.9. The number of hydrogen-bond acceptors (Lipinski definition) is 4. The number of nitriles is 1. The first-order valence-corrected chi connectivity index (χ1v) is 8.13. The van der Waals surface area contributed by atoms with Crippen molar-refractivity contribution < 1.29 is 14.0 Å². The number of benzene rings is 2. The van der Waals surface area contributed by atoms with Crippen LogP contribution in [0.1, 0.15) is 23.8 Å². The second-order valence-electron chi connectivity index (χ2n) is 6.41. The van der Waals surface area contributed by atoms with Gasteiger partial charge >= 0.3 is 6.03 Å². The molecule has 0 spiro atoms. The Hall–Kier alpha value is -3.59. The number of amides is 3. The molecule has 1 aromatic heterocycles. The van der Waals surface area contributed by atoms with Gasteiger partial charge in [0.2, 0.25) is 0 Å². The number of carbonyl (C=O) groups is 2. The summed E-state index contributed by atoms with van der Waals surface area (Å²) >= 11 is 0. The SMILES string of the molecule is CC1(c2cc3ccccc3o2)NC(=O)N(Cc2cccc(C#N)c2)C1=O. The summed E-state index contributed by atoms with van der Waals surface area (Å²) in [4.78, 5) is 26.6. The van der Waals surface area contributed by atoms with E-state index in [9.17, 15) is 9.59 Å². The van der Waals surface area contributed by atoms with E-state index in [1.165, 1.54) is 0 Å². The molecule has 2 heterocycles. The highest BCUT2D eigenvalue weighted by atomic mass is 16.3. The largest absolute Gasteiger partial charge is 0.458 e. The molecule has 1 aliphatic rings. The van der Waals surface area contributed by atoms with Gasteiger partial charge in [0.25, 0.3) is 5.91 Å². The van der Waals surface area contributed by atoms with Gasteiger partial charge in [0.1, 0.15) is 11.3 Å². The van der Waals surface area contributed by atoms with Gasteiger partial charge in [-0.15, -0.1) is 0 Å². The van der Waals surface area contributed by atoms with E-state index in [1.807, 2.05) is 24.3 Å². The third kappa shape index (κ3) is 2.42. The molecule has 6 nitrogen and oxygen atoms in total. The Morgan fingerprint density at radius 1 is 1.15 bits per heavy atom. The van der Waals surface area contributed by atoms with Crippen molar-refractivity contribution in [2.24, 2.45) is 0 Å². The van der Waals surface area contributed by atoms with Gasteiger partial charge in [0, 0.05) is 5.39 Å². The van der Waals surface area contributed by atoms with E-state index < -0.39 is 11.6 Å². The van der Waals surface area contributed by atoms with E-state index in [2.05, 4.69) is 11.4 Å². The second kappa shape index (κ2) is 5.74. The lowest BCUT2D eigenvalue weighted by Crippen LogP contribution is -2.40. The minimum atomic E-state index is -1.26. The Morgan fingerprint density at radius 2 is 1.96 bits per heavy atom. The number of urea groups is 1. The number of imide groups is 1. The van der Waals surface area contributed by atoms with Crippen LogP contribution in [0, 0.1) is 11.3 Å². The fraction of sp³-hybridized carbons (Fsp3) is 0.150. The van der Waals surface area contributed by atoms with Crippen LogP contribution in [0.15, 0.2) is 59.0 Å². The van der Waals surface area contributed by atoms with Gasteiger partial charge in [0.15, 0.2) is 5.54 Å². The van der Waals surface area contributed by atoms with E-state index in [0.29, 0.717) is 22.5 Å². The summed E-state index contributed by atoms with van der Waals surface area (Å²) in [5.41, 5.74) is 0.588. The molecule has 0 aliphatic carbocycles. The van der Waals surface area contributed by atoms with Crippen molar-refractivity contribution >= 4 is 22.9 Å². The normalized spacial score (nSPS) is 19.6. The van der Waals surface area contributed by atoms with Crippen LogP contribution in [0.3, 0.4) is 0 Å². The van der Waals surface area contributed by atoms with Crippen molar-refractivity contribution in [2.45, 2.75) is 19.0 Å². The number of hydrogen-bond donors (Lipinski definition) is 1. The van der Waals surface area contributed by atoms with Crippen LogP contribution in [0.2, 0.25) is 0 Å². The predicted molar refractivity (Wildman–Crippen MR) is 93.8 cm³/mol. The van der Waals surface area contributed by atoms with Crippen molar-refractivity contribution in [3.8, 4) is 6.07 Å². The quantitative estimate of drug-likeness (QED) is 0.738.